The molecule has 0 atom stereocenters. The molecule has 4 aromatic carbocycles. The van der Waals surface area contributed by atoms with Crippen molar-refractivity contribution in [3.63, 3.8) is 0 Å². The standard InChI is InChI=1S/C32H39FN6O3.C29H38N8O2.C28H38N8O2/c1-2-28(41)37-16-18-38(19-17-37)31-25-11-15-39(30-24-10-5-4-9-23(24)21-27(40)29(30)33)22-26(25)34-32(35-31)42-20-8-14-36-12-6-3-7-13-36;1-3-26(38)35-13-15-36(16-14-35)28-22-9-12-37(27-21(2)7-8-24-23(27)19-30-33-24)20-25(22)31-29(32-28)39-18-17-34-10-5-4-6-11-34;1-5-25(37)34-12-14-35(15-13-34)27-21-10-11-36(26-20(4)8-9-23-22(26)18-29-32-23)19-24(21)30-28(31-27)38-17-16-33(6-2)7-3/h2,4-5,9-10,21,40H,1,3,6-8,11-20,22H2;3,7-8,19H,1,4-6,9-18,20H2,2H3,(H,30,33);5,8-9,18H,1,6-7,10-17,19H2,2-4H3,(H,29,32). The van der Waals surface area contributed by atoms with E-state index in [2.05, 4.69) is 131 Å². The highest BCUT2D eigenvalue weighted by Crippen LogP contribution is 2.42. The monoisotopic (exact) mass is 1620 g/mol. The molecule has 0 saturated carbocycles. The minimum absolute atomic E-state index is 0.0134. The van der Waals surface area contributed by atoms with Crippen molar-refractivity contribution < 1.29 is 38.1 Å². The molecule has 5 fully saturated rings. The third kappa shape index (κ3) is 19.1. The smallest absolute Gasteiger partial charge is 0.318 e. The number of likely N-dealkylation sites (N-methyl/N-ethyl adjacent to an activating group) is 1. The van der Waals surface area contributed by atoms with Crippen LogP contribution in [0.25, 0.3) is 32.6 Å². The van der Waals surface area contributed by atoms with Crippen LogP contribution in [0.4, 0.5) is 38.9 Å². The number of hydrogen-bond donors (Lipinski definition) is 3. The number of carbonyl (C=O) groups excluding carboxylic acids is 3. The minimum atomic E-state index is -0.622. The van der Waals surface area contributed by atoms with E-state index in [1.165, 1.54) is 96.4 Å². The molecule has 0 aliphatic carbocycles. The molecule has 5 saturated heterocycles. The molecular formula is C89H115FN22O7. The fourth-order valence-corrected chi connectivity index (χ4v) is 18.1. The van der Waals surface area contributed by atoms with Crippen LogP contribution in [0.5, 0.6) is 23.8 Å². The van der Waals surface area contributed by atoms with Crippen molar-refractivity contribution in [3.8, 4) is 23.8 Å². The molecular weight excluding hydrogens is 1510 g/mol. The van der Waals surface area contributed by atoms with Crippen LogP contribution in [-0.2, 0) is 53.3 Å². The lowest BCUT2D eigenvalue weighted by Crippen LogP contribution is -2.49. The Morgan fingerprint density at radius 2 is 0.874 bits per heavy atom. The molecule has 630 valence electrons. The number of H-pyrrole nitrogens is 2. The number of phenols is 1. The Balaban J connectivity index is 0.000000140. The quantitative estimate of drug-likeness (QED) is 0.0375. The van der Waals surface area contributed by atoms with Crippen LogP contribution in [0.2, 0.25) is 0 Å². The third-order valence-corrected chi connectivity index (χ3v) is 24.7. The zero-order valence-corrected chi connectivity index (χ0v) is 69.7. The first-order valence-corrected chi connectivity index (χ1v) is 42.9. The number of halogens is 1. The maximum absolute atomic E-state index is 15.4. The summed E-state index contributed by atoms with van der Waals surface area (Å²) in [6.45, 7) is 42.4. The summed E-state index contributed by atoms with van der Waals surface area (Å²) < 4.78 is 33.9. The minimum Gasteiger partial charge on any atom is -0.505 e. The van der Waals surface area contributed by atoms with E-state index in [9.17, 15) is 19.5 Å². The molecule has 17 rings (SSSR count). The summed E-state index contributed by atoms with van der Waals surface area (Å²) in [6, 6.07) is 18.7. The molecule has 0 unspecified atom stereocenters. The van der Waals surface area contributed by atoms with Crippen LogP contribution in [0.3, 0.4) is 0 Å². The lowest BCUT2D eigenvalue weighted by molar-refractivity contribution is -0.127. The number of nitrogens with zero attached hydrogens (tertiary/aromatic N) is 20. The molecule has 13 heterocycles. The number of piperazine rings is 3. The van der Waals surface area contributed by atoms with Gasteiger partial charge >= 0.3 is 18.0 Å². The normalized spacial score (nSPS) is 17.3. The van der Waals surface area contributed by atoms with Gasteiger partial charge in [-0.1, -0.05) is 82.8 Å². The van der Waals surface area contributed by atoms with E-state index in [1.807, 2.05) is 51.4 Å². The van der Waals surface area contributed by atoms with Crippen molar-refractivity contribution in [1.29, 1.82) is 0 Å². The van der Waals surface area contributed by atoms with E-state index in [-0.39, 0.29) is 23.5 Å². The number of aromatic hydroxyl groups is 1. The van der Waals surface area contributed by atoms with Gasteiger partial charge < -0.3 is 73.2 Å². The molecule has 8 aliphatic rings. The van der Waals surface area contributed by atoms with E-state index in [0.717, 1.165) is 190 Å². The highest BCUT2D eigenvalue weighted by molar-refractivity contribution is 5.97. The Hall–Kier alpha value is -11.2. The Kier molecular flexibility index (Phi) is 26.9. The molecule has 5 aromatic heterocycles. The van der Waals surface area contributed by atoms with Gasteiger partial charge in [-0.2, -0.15) is 40.1 Å². The molecule has 0 radical (unpaired) electrons. The number of hydrogen-bond acceptors (Lipinski definition) is 24. The number of rotatable bonds is 24. The molecule has 0 spiro atoms. The molecule has 8 aliphatic heterocycles. The van der Waals surface area contributed by atoms with E-state index in [4.69, 9.17) is 44.1 Å². The van der Waals surface area contributed by atoms with E-state index in [0.29, 0.717) is 128 Å². The molecule has 119 heavy (non-hydrogen) atoms. The van der Waals surface area contributed by atoms with Gasteiger partial charge in [0, 0.05) is 151 Å². The highest BCUT2D eigenvalue weighted by Gasteiger charge is 2.35. The first-order valence-electron chi connectivity index (χ1n) is 42.9. The highest BCUT2D eigenvalue weighted by atomic mass is 19.1. The second kappa shape index (κ2) is 38.7. The van der Waals surface area contributed by atoms with Gasteiger partial charge in [0.15, 0.2) is 11.6 Å². The number of likely N-dealkylation sites (tertiary alicyclic amines) is 2. The number of aromatic nitrogens is 10. The second-order valence-corrected chi connectivity index (χ2v) is 32.0. The van der Waals surface area contributed by atoms with Gasteiger partial charge in [-0.15, -0.1) is 0 Å². The fourth-order valence-electron chi connectivity index (χ4n) is 18.1. The average Bonchev–Trinajstić information content (AvgIpc) is 1.35. The number of aryl methyl sites for hydroxylation is 2. The van der Waals surface area contributed by atoms with Crippen molar-refractivity contribution >= 4 is 84.8 Å². The van der Waals surface area contributed by atoms with Gasteiger partial charge in [0.1, 0.15) is 30.7 Å². The summed E-state index contributed by atoms with van der Waals surface area (Å²) in [5.74, 6) is 1.65. The van der Waals surface area contributed by atoms with Crippen LogP contribution in [-0.4, -0.2) is 279 Å². The van der Waals surface area contributed by atoms with Gasteiger partial charge in [0.25, 0.3) is 0 Å². The first-order chi connectivity index (χ1) is 58.1. The largest absolute Gasteiger partial charge is 0.505 e. The van der Waals surface area contributed by atoms with Gasteiger partial charge in [0.2, 0.25) is 17.7 Å². The number of amides is 3. The summed E-state index contributed by atoms with van der Waals surface area (Å²) in [6.07, 6.45) is 18.8. The molecule has 3 N–H and O–H groups in total. The Morgan fingerprint density at radius 1 is 0.471 bits per heavy atom. The van der Waals surface area contributed by atoms with Crippen LogP contribution in [0, 0.1) is 19.7 Å². The average molecular weight is 1620 g/mol. The lowest BCUT2D eigenvalue weighted by Gasteiger charge is -2.38. The number of phenolic OH excluding ortho intramolecular Hbond substituents is 1. The van der Waals surface area contributed by atoms with Crippen LogP contribution in [0.1, 0.15) is 104 Å². The van der Waals surface area contributed by atoms with Gasteiger partial charge in [0.05, 0.1) is 83.8 Å². The number of nitrogens with one attached hydrogen (secondary N) is 2. The van der Waals surface area contributed by atoms with E-state index >= 15 is 4.39 Å². The zero-order valence-electron chi connectivity index (χ0n) is 69.7. The maximum Gasteiger partial charge on any atom is 0.318 e. The van der Waals surface area contributed by atoms with Gasteiger partial charge in [-0.25, -0.2) is 4.39 Å². The number of piperidine rings is 2. The molecule has 9 aromatic rings. The van der Waals surface area contributed by atoms with E-state index < -0.39 is 5.82 Å². The van der Waals surface area contributed by atoms with Gasteiger partial charge in [-0.05, 0) is 157 Å². The second-order valence-electron chi connectivity index (χ2n) is 32.0. The van der Waals surface area contributed by atoms with E-state index in [1.54, 1.807) is 4.90 Å². The number of anilines is 6. The Labute approximate surface area is 696 Å². The van der Waals surface area contributed by atoms with Gasteiger partial charge in [-0.3, -0.25) is 29.5 Å². The van der Waals surface area contributed by atoms with Crippen LogP contribution >= 0.6 is 0 Å². The Morgan fingerprint density at radius 3 is 1.30 bits per heavy atom. The number of aromatic amines is 2. The van der Waals surface area contributed by atoms with Crippen molar-refractivity contribution in [2.75, 3.05) is 206 Å². The summed E-state index contributed by atoms with van der Waals surface area (Å²) in [5.41, 5.74) is 13.5. The summed E-state index contributed by atoms with van der Waals surface area (Å²) in [7, 11) is 0. The van der Waals surface area contributed by atoms with Crippen LogP contribution in [0.15, 0.2) is 105 Å². The number of benzene rings is 4. The predicted octanol–water partition coefficient (Wildman–Crippen LogP) is 9.83. The molecule has 0 bridgehead atoms. The maximum atomic E-state index is 15.4. The van der Waals surface area contributed by atoms with Crippen molar-refractivity contribution in [1.82, 2.24) is 79.7 Å². The molecule has 3 amide bonds. The van der Waals surface area contributed by atoms with Crippen molar-refractivity contribution in [3.05, 3.63) is 156 Å². The zero-order chi connectivity index (χ0) is 82.5. The predicted molar refractivity (Wildman–Crippen MR) is 464 cm³/mol. The SMILES string of the molecule is C=CC(=O)N1CCN(c2nc(OCCCN3CCCCC3)nc3c2CCN(c2c(F)c(O)cc4ccccc24)C3)CC1.C=CC(=O)N1CCN(c2nc(OCCN(CC)CC)nc3c2CCN(c2c(C)ccc4[nH]ncc24)C3)CC1.C=CC(=O)N1CCN(c2nc(OCCN3CCCCC3)nc3c2CCN(c2c(C)ccc4[nH]ncc24)C3)CC1. The first kappa shape index (κ1) is 82.8. The number of carbonyl (C=O) groups is 3. The van der Waals surface area contributed by atoms with Crippen molar-refractivity contribution in [2.45, 2.75) is 112 Å². The fraction of sp³-hybridized carbons (Fsp3) is 0.494. The third-order valence-electron chi connectivity index (χ3n) is 24.7. The molecule has 29 nitrogen and oxygen atoms in total. The van der Waals surface area contributed by atoms with Crippen LogP contribution < -0.4 is 43.6 Å². The Bertz CT molecular complexity index is 5080. The number of ether oxygens (including phenoxy) is 3. The topological polar surface area (TPSA) is 273 Å². The summed E-state index contributed by atoms with van der Waals surface area (Å²) >= 11 is 0. The lowest BCUT2D eigenvalue weighted by atomic mass is 10.0. The van der Waals surface area contributed by atoms with Crippen molar-refractivity contribution in [2.24, 2.45) is 0 Å². The summed E-state index contributed by atoms with van der Waals surface area (Å²) in [4.78, 5) is 92.2. The number of fused-ring (bicyclic) bond motifs is 6. The molecule has 30 heteroatoms. The summed E-state index contributed by atoms with van der Waals surface area (Å²) in [5, 5.41) is 28.9.